The summed E-state index contributed by atoms with van der Waals surface area (Å²) in [7, 11) is 1.55. The summed E-state index contributed by atoms with van der Waals surface area (Å²) in [5.74, 6) is 0.521. The van der Waals surface area contributed by atoms with E-state index in [9.17, 15) is 9.90 Å². The quantitative estimate of drug-likeness (QED) is 0.858. The summed E-state index contributed by atoms with van der Waals surface area (Å²) in [4.78, 5) is 14.4. The summed E-state index contributed by atoms with van der Waals surface area (Å²) in [5, 5.41) is 9.87. The van der Waals surface area contributed by atoms with E-state index < -0.39 is 0 Å². The first-order chi connectivity index (χ1) is 9.17. The molecule has 0 saturated heterocycles. The van der Waals surface area contributed by atoms with E-state index in [2.05, 4.69) is 6.92 Å². The molecule has 1 saturated carbocycles. The summed E-state index contributed by atoms with van der Waals surface area (Å²) in [6.45, 7) is 2.87. The SMILES string of the molecule is CCCCN(C(=O)c1cc(OC)ccc1O)C1CC1. The lowest BCUT2D eigenvalue weighted by molar-refractivity contribution is 0.0737. The van der Waals surface area contributed by atoms with Gasteiger partial charge in [-0.15, -0.1) is 0 Å². The molecule has 1 aliphatic rings. The monoisotopic (exact) mass is 263 g/mol. The molecule has 0 aliphatic heterocycles. The number of nitrogens with zero attached hydrogens (tertiary/aromatic N) is 1. The van der Waals surface area contributed by atoms with Crippen LogP contribution in [-0.2, 0) is 0 Å². The standard InChI is InChI=1S/C15H21NO3/c1-3-4-9-16(11-5-6-11)15(18)13-10-12(19-2)7-8-14(13)17/h7-8,10-11,17H,3-6,9H2,1-2H3. The number of unbranched alkanes of at least 4 members (excludes halogenated alkanes) is 1. The molecule has 1 N–H and O–H groups in total. The van der Waals surface area contributed by atoms with Crippen molar-refractivity contribution in [2.24, 2.45) is 0 Å². The number of phenolic OH excluding ortho intramolecular Hbond substituents is 1. The van der Waals surface area contributed by atoms with E-state index in [1.54, 1.807) is 19.2 Å². The number of hydrogen-bond donors (Lipinski definition) is 1. The highest BCUT2D eigenvalue weighted by molar-refractivity contribution is 5.97. The van der Waals surface area contributed by atoms with Gasteiger partial charge < -0.3 is 14.7 Å². The van der Waals surface area contributed by atoms with Crippen LogP contribution in [0.2, 0.25) is 0 Å². The lowest BCUT2D eigenvalue weighted by Gasteiger charge is -2.23. The molecule has 4 nitrogen and oxygen atoms in total. The lowest BCUT2D eigenvalue weighted by atomic mass is 10.1. The topological polar surface area (TPSA) is 49.8 Å². The first-order valence-corrected chi connectivity index (χ1v) is 6.85. The summed E-state index contributed by atoms with van der Waals surface area (Å²) in [6, 6.07) is 5.12. The Balaban J connectivity index is 2.20. The fourth-order valence-corrected chi connectivity index (χ4v) is 2.13. The predicted molar refractivity (Wildman–Crippen MR) is 73.6 cm³/mol. The first kappa shape index (κ1) is 13.7. The van der Waals surface area contributed by atoms with Gasteiger partial charge in [-0.1, -0.05) is 13.3 Å². The van der Waals surface area contributed by atoms with Gasteiger partial charge in [-0.3, -0.25) is 4.79 Å². The Kier molecular flexibility index (Phi) is 4.30. The zero-order valence-corrected chi connectivity index (χ0v) is 11.6. The van der Waals surface area contributed by atoms with Crippen molar-refractivity contribution in [2.45, 2.75) is 38.6 Å². The van der Waals surface area contributed by atoms with Crippen molar-refractivity contribution < 1.29 is 14.6 Å². The Morgan fingerprint density at radius 1 is 1.47 bits per heavy atom. The maximum absolute atomic E-state index is 12.5. The van der Waals surface area contributed by atoms with Gasteiger partial charge in [0.25, 0.3) is 5.91 Å². The molecule has 0 heterocycles. The Labute approximate surface area is 114 Å². The van der Waals surface area contributed by atoms with Crippen LogP contribution < -0.4 is 4.74 Å². The molecule has 2 rings (SSSR count). The highest BCUT2D eigenvalue weighted by atomic mass is 16.5. The second-order valence-corrected chi connectivity index (χ2v) is 4.97. The van der Waals surface area contributed by atoms with E-state index in [0.29, 0.717) is 17.4 Å². The summed E-state index contributed by atoms with van der Waals surface area (Å²) >= 11 is 0. The van der Waals surface area contributed by atoms with Crippen LogP contribution >= 0.6 is 0 Å². The zero-order valence-electron chi connectivity index (χ0n) is 11.6. The molecule has 4 heteroatoms. The smallest absolute Gasteiger partial charge is 0.257 e. The Morgan fingerprint density at radius 2 is 2.21 bits per heavy atom. The number of aromatic hydroxyl groups is 1. The van der Waals surface area contributed by atoms with Gasteiger partial charge in [-0.2, -0.15) is 0 Å². The lowest BCUT2D eigenvalue weighted by Crippen LogP contribution is -2.34. The van der Waals surface area contributed by atoms with E-state index in [1.807, 2.05) is 4.90 Å². The fraction of sp³-hybridized carbons (Fsp3) is 0.533. The van der Waals surface area contributed by atoms with Crippen LogP contribution in [0.4, 0.5) is 0 Å². The summed E-state index contributed by atoms with van der Waals surface area (Å²) in [6.07, 6.45) is 4.19. The van der Waals surface area contributed by atoms with Gasteiger partial charge in [0.15, 0.2) is 0 Å². The predicted octanol–water partition coefficient (Wildman–Crippen LogP) is 2.81. The number of phenols is 1. The maximum Gasteiger partial charge on any atom is 0.257 e. The largest absolute Gasteiger partial charge is 0.507 e. The molecule has 1 fully saturated rings. The number of ether oxygens (including phenoxy) is 1. The van der Waals surface area contributed by atoms with Crippen LogP contribution in [0.3, 0.4) is 0 Å². The van der Waals surface area contributed by atoms with Crippen molar-refractivity contribution in [2.75, 3.05) is 13.7 Å². The molecule has 0 atom stereocenters. The van der Waals surface area contributed by atoms with Crippen molar-refractivity contribution in [3.05, 3.63) is 23.8 Å². The number of carbonyl (C=O) groups is 1. The minimum atomic E-state index is -0.0904. The van der Waals surface area contributed by atoms with Crippen molar-refractivity contribution >= 4 is 5.91 Å². The van der Waals surface area contributed by atoms with Crippen LogP contribution in [0.1, 0.15) is 43.0 Å². The molecule has 0 radical (unpaired) electrons. The van der Waals surface area contributed by atoms with Gasteiger partial charge >= 0.3 is 0 Å². The Bertz CT molecular complexity index is 455. The Morgan fingerprint density at radius 3 is 2.79 bits per heavy atom. The average Bonchev–Trinajstić information content (AvgIpc) is 3.24. The van der Waals surface area contributed by atoms with E-state index in [0.717, 1.165) is 32.2 Å². The van der Waals surface area contributed by atoms with Crippen LogP contribution in [0.5, 0.6) is 11.5 Å². The Hall–Kier alpha value is -1.71. The molecule has 19 heavy (non-hydrogen) atoms. The number of carbonyl (C=O) groups excluding carboxylic acids is 1. The van der Waals surface area contributed by atoms with Crippen molar-refractivity contribution in [1.82, 2.24) is 4.90 Å². The van der Waals surface area contributed by atoms with E-state index in [1.165, 1.54) is 6.07 Å². The van der Waals surface area contributed by atoms with Crippen LogP contribution in [0.25, 0.3) is 0 Å². The van der Waals surface area contributed by atoms with Crippen LogP contribution in [0.15, 0.2) is 18.2 Å². The molecule has 1 aliphatic carbocycles. The molecule has 0 aromatic heterocycles. The first-order valence-electron chi connectivity index (χ1n) is 6.85. The van der Waals surface area contributed by atoms with E-state index >= 15 is 0 Å². The van der Waals surface area contributed by atoms with Crippen molar-refractivity contribution in [1.29, 1.82) is 0 Å². The minimum absolute atomic E-state index is 0.0212. The minimum Gasteiger partial charge on any atom is -0.507 e. The maximum atomic E-state index is 12.5. The molecule has 0 spiro atoms. The molecule has 104 valence electrons. The number of methoxy groups -OCH3 is 1. The second kappa shape index (κ2) is 5.95. The molecular weight excluding hydrogens is 242 g/mol. The van der Waals surface area contributed by atoms with Gasteiger partial charge in [0.2, 0.25) is 0 Å². The molecule has 1 aromatic carbocycles. The van der Waals surface area contributed by atoms with E-state index in [4.69, 9.17) is 4.74 Å². The van der Waals surface area contributed by atoms with Gasteiger partial charge in [0.05, 0.1) is 12.7 Å². The molecule has 0 unspecified atom stereocenters. The summed E-state index contributed by atoms with van der Waals surface area (Å²) in [5.41, 5.74) is 0.336. The third-order valence-electron chi connectivity index (χ3n) is 3.44. The highest BCUT2D eigenvalue weighted by Gasteiger charge is 2.33. The highest BCUT2D eigenvalue weighted by Crippen LogP contribution is 2.31. The third-order valence-corrected chi connectivity index (χ3v) is 3.44. The summed E-state index contributed by atoms with van der Waals surface area (Å²) < 4.78 is 5.12. The molecule has 0 bridgehead atoms. The molecule has 1 aromatic rings. The number of amides is 1. The second-order valence-electron chi connectivity index (χ2n) is 4.97. The van der Waals surface area contributed by atoms with Gasteiger partial charge in [-0.05, 0) is 37.5 Å². The fourth-order valence-electron chi connectivity index (χ4n) is 2.13. The third kappa shape index (κ3) is 3.19. The van der Waals surface area contributed by atoms with Crippen molar-refractivity contribution in [3.8, 4) is 11.5 Å². The normalized spacial score (nSPS) is 14.2. The number of benzene rings is 1. The van der Waals surface area contributed by atoms with Gasteiger partial charge in [0.1, 0.15) is 11.5 Å². The molecule has 1 amide bonds. The van der Waals surface area contributed by atoms with Gasteiger partial charge in [-0.25, -0.2) is 0 Å². The van der Waals surface area contributed by atoms with Crippen molar-refractivity contribution in [3.63, 3.8) is 0 Å². The number of hydrogen-bond acceptors (Lipinski definition) is 3. The van der Waals surface area contributed by atoms with E-state index in [-0.39, 0.29) is 11.7 Å². The zero-order chi connectivity index (χ0) is 13.8. The average molecular weight is 263 g/mol. The van der Waals surface area contributed by atoms with Gasteiger partial charge in [0, 0.05) is 12.6 Å². The molecular formula is C15H21NO3. The number of rotatable bonds is 6. The van der Waals surface area contributed by atoms with Crippen LogP contribution in [0, 0.1) is 0 Å². The van der Waals surface area contributed by atoms with Crippen LogP contribution in [-0.4, -0.2) is 35.6 Å².